The van der Waals surface area contributed by atoms with Gasteiger partial charge >= 0.3 is 11.9 Å². The van der Waals surface area contributed by atoms with Crippen LogP contribution in [-0.4, -0.2) is 82.3 Å². The van der Waals surface area contributed by atoms with Crippen LogP contribution in [0, 0.1) is 0 Å². The summed E-state index contributed by atoms with van der Waals surface area (Å²) in [7, 11) is 0. The van der Waals surface area contributed by atoms with Gasteiger partial charge in [0.1, 0.15) is 18.1 Å². The predicted octanol–water partition coefficient (Wildman–Crippen LogP) is -2.01. The molecule has 4 atom stereocenters. The lowest BCUT2D eigenvalue weighted by atomic mass is 10.1. The Hall–Kier alpha value is -3.51. The van der Waals surface area contributed by atoms with Crippen molar-refractivity contribution in [1.29, 1.82) is 0 Å². The third-order valence-corrected chi connectivity index (χ3v) is 5.10. The molecular formula is C21H28N4O8. The maximum atomic E-state index is 12.6. The molecule has 7 N–H and O–H groups in total. The van der Waals surface area contributed by atoms with Gasteiger partial charge in [0.25, 0.3) is 0 Å². The molecule has 1 heterocycles. The summed E-state index contributed by atoms with van der Waals surface area (Å²) >= 11 is 0. The van der Waals surface area contributed by atoms with Crippen LogP contribution in [0.25, 0.3) is 0 Å². The van der Waals surface area contributed by atoms with Crippen molar-refractivity contribution in [3.8, 4) is 0 Å². The van der Waals surface area contributed by atoms with Crippen molar-refractivity contribution >= 4 is 29.7 Å². The summed E-state index contributed by atoms with van der Waals surface area (Å²) in [4.78, 5) is 60.1. The van der Waals surface area contributed by atoms with Gasteiger partial charge in [0.2, 0.25) is 17.7 Å². The van der Waals surface area contributed by atoms with Gasteiger partial charge in [-0.2, -0.15) is 0 Å². The molecule has 4 unspecified atom stereocenters. The standard InChI is InChI=1S/C21H28N4O8/c26-11-16(20(31)24-15(21(32)33)9-12-5-2-1-3-6-12)25-19(30)14(10-17(27)28)23-18(29)13-7-4-8-22-13/h1-3,5-6,13-16,22,26H,4,7-11H2,(H,23,29)(H,24,31)(H,25,30)(H,27,28)(H,32,33). The third kappa shape index (κ3) is 8.16. The van der Waals surface area contributed by atoms with Gasteiger partial charge in [0.05, 0.1) is 19.1 Å². The molecule has 3 amide bonds. The molecule has 1 aliphatic heterocycles. The number of carboxylic acid groups (broad SMARTS) is 2. The molecule has 180 valence electrons. The van der Waals surface area contributed by atoms with Crippen molar-refractivity contribution in [1.82, 2.24) is 21.3 Å². The first-order chi connectivity index (χ1) is 15.7. The van der Waals surface area contributed by atoms with E-state index in [4.69, 9.17) is 5.11 Å². The first-order valence-electron chi connectivity index (χ1n) is 10.4. The van der Waals surface area contributed by atoms with E-state index in [0.717, 1.165) is 6.42 Å². The van der Waals surface area contributed by atoms with Gasteiger partial charge in [-0.15, -0.1) is 0 Å². The Morgan fingerprint density at radius 1 is 0.939 bits per heavy atom. The van der Waals surface area contributed by atoms with Crippen molar-refractivity contribution in [2.24, 2.45) is 0 Å². The molecule has 0 radical (unpaired) electrons. The number of benzene rings is 1. The van der Waals surface area contributed by atoms with Gasteiger partial charge in [-0.05, 0) is 24.9 Å². The Morgan fingerprint density at radius 2 is 1.58 bits per heavy atom. The third-order valence-electron chi connectivity index (χ3n) is 5.10. The zero-order chi connectivity index (χ0) is 24.4. The lowest BCUT2D eigenvalue weighted by molar-refractivity contribution is -0.143. The molecule has 1 aromatic carbocycles. The molecule has 1 aliphatic rings. The number of rotatable bonds is 12. The van der Waals surface area contributed by atoms with Crippen LogP contribution in [0.5, 0.6) is 0 Å². The van der Waals surface area contributed by atoms with Crippen molar-refractivity contribution in [2.45, 2.75) is 49.9 Å². The second kappa shape index (κ2) is 12.5. The maximum absolute atomic E-state index is 12.6. The summed E-state index contributed by atoms with van der Waals surface area (Å²) in [6, 6.07) is 3.64. The van der Waals surface area contributed by atoms with Gasteiger partial charge in [0, 0.05) is 6.42 Å². The highest BCUT2D eigenvalue weighted by Crippen LogP contribution is 2.07. The van der Waals surface area contributed by atoms with E-state index < -0.39 is 66.9 Å². The van der Waals surface area contributed by atoms with Crippen LogP contribution in [0.3, 0.4) is 0 Å². The highest BCUT2D eigenvalue weighted by Gasteiger charge is 2.32. The quantitative estimate of drug-likeness (QED) is 0.183. The van der Waals surface area contributed by atoms with Gasteiger partial charge in [-0.3, -0.25) is 19.2 Å². The molecule has 0 aromatic heterocycles. The molecule has 1 saturated heterocycles. The molecule has 1 fully saturated rings. The minimum atomic E-state index is -1.55. The van der Waals surface area contributed by atoms with Crippen molar-refractivity contribution in [3.63, 3.8) is 0 Å². The van der Waals surface area contributed by atoms with Crippen molar-refractivity contribution in [2.75, 3.05) is 13.2 Å². The first kappa shape index (κ1) is 25.7. The lowest BCUT2D eigenvalue weighted by Crippen LogP contribution is -2.58. The van der Waals surface area contributed by atoms with E-state index >= 15 is 0 Å². The van der Waals surface area contributed by atoms with E-state index in [1.54, 1.807) is 30.3 Å². The van der Waals surface area contributed by atoms with Crippen LogP contribution in [0.2, 0.25) is 0 Å². The van der Waals surface area contributed by atoms with Crippen LogP contribution in [0.1, 0.15) is 24.8 Å². The monoisotopic (exact) mass is 464 g/mol. The average molecular weight is 464 g/mol. The van der Waals surface area contributed by atoms with Crippen LogP contribution >= 0.6 is 0 Å². The minimum absolute atomic E-state index is 0.0277. The van der Waals surface area contributed by atoms with E-state index in [0.29, 0.717) is 18.5 Å². The summed E-state index contributed by atoms with van der Waals surface area (Å²) in [5.74, 6) is -5.17. The number of aliphatic hydroxyl groups is 1. The van der Waals surface area contributed by atoms with Crippen LogP contribution in [0.4, 0.5) is 0 Å². The average Bonchev–Trinajstić information content (AvgIpc) is 3.31. The normalized spacial score (nSPS) is 17.9. The Labute approximate surface area is 189 Å². The lowest BCUT2D eigenvalue weighted by Gasteiger charge is -2.23. The summed E-state index contributed by atoms with van der Waals surface area (Å²) in [6.45, 7) is -0.248. The molecule has 33 heavy (non-hydrogen) atoms. The van der Waals surface area contributed by atoms with Crippen LogP contribution in [-0.2, 0) is 30.4 Å². The molecule has 12 heteroatoms. The maximum Gasteiger partial charge on any atom is 0.326 e. The number of nitrogens with one attached hydrogen (secondary N) is 4. The fourth-order valence-electron chi connectivity index (χ4n) is 3.35. The van der Waals surface area contributed by atoms with E-state index in [2.05, 4.69) is 21.3 Å². The molecular weight excluding hydrogens is 436 g/mol. The van der Waals surface area contributed by atoms with E-state index in [9.17, 15) is 34.2 Å². The fourth-order valence-corrected chi connectivity index (χ4v) is 3.35. The summed E-state index contributed by atoms with van der Waals surface area (Å²) in [6.07, 6.45) is 0.525. The number of aliphatic hydroxyl groups excluding tert-OH is 1. The molecule has 0 spiro atoms. The number of amides is 3. The molecule has 1 aromatic rings. The van der Waals surface area contributed by atoms with E-state index in [-0.39, 0.29) is 6.42 Å². The fraction of sp³-hybridized carbons (Fsp3) is 0.476. The second-order valence-corrected chi connectivity index (χ2v) is 7.64. The number of carboxylic acids is 2. The highest BCUT2D eigenvalue weighted by molar-refractivity contribution is 5.95. The second-order valence-electron chi connectivity index (χ2n) is 7.64. The Morgan fingerprint density at radius 3 is 2.12 bits per heavy atom. The number of hydrogen-bond acceptors (Lipinski definition) is 7. The van der Waals surface area contributed by atoms with Gasteiger partial charge in [-0.1, -0.05) is 30.3 Å². The molecule has 12 nitrogen and oxygen atoms in total. The van der Waals surface area contributed by atoms with Crippen molar-refractivity contribution in [3.05, 3.63) is 35.9 Å². The highest BCUT2D eigenvalue weighted by atomic mass is 16.4. The molecule has 2 rings (SSSR count). The van der Waals surface area contributed by atoms with Gasteiger partial charge in [0.15, 0.2) is 0 Å². The predicted molar refractivity (Wildman–Crippen MR) is 114 cm³/mol. The summed E-state index contributed by atoms with van der Waals surface area (Å²) in [5.41, 5.74) is 0.652. The molecule has 0 aliphatic carbocycles. The zero-order valence-corrected chi connectivity index (χ0v) is 17.8. The first-order valence-corrected chi connectivity index (χ1v) is 10.4. The van der Waals surface area contributed by atoms with E-state index in [1.165, 1.54) is 0 Å². The molecule has 0 bridgehead atoms. The molecule has 0 saturated carbocycles. The Bertz CT molecular complexity index is 857. The number of carbonyl (C=O) groups excluding carboxylic acids is 3. The van der Waals surface area contributed by atoms with Crippen LogP contribution in [0.15, 0.2) is 30.3 Å². The van der Waals surface area contributed by atoms with Gasteiger partial charge < -0.3 is 36.6 Å². The largest absolute Gasteiger partial charge is 0.481 e. The minimum Gasteiger partial charge on any atom is -0.481 e. The van der Waals surface area contributed by atoms with Crippen LogP contribution < -0.4 is 21.3 Å². The number of carbonyl (C=O) groups is 5. The van der Waals surface area contributed by atoms with E-state index in [1.807, 2.05) is 0 Å². The summed E-state index contributed by atoms with van der Waals surface area (Å²) < 4.78 is 0. The van der Waals surface area contributed by atoms with Gasteiger partial charge in [-0.25, -0.2) is 4.79 Å². The van der Waals surface area contributed by atoms with Crippen molar-refractivity contribution < 1.29 is 39.3 Å². The topological polar surface area (TPSA) is 194 Å². The SMILES string of the molecule is O=C(O)CC(NC(=O)C1CCCN1)C(=O)NC(CO)C(=O)NC(Cc1ccccc1)C(=O)O. The number of hydrogen-bond donors (Lipinski definition) is 7. The summed E-state index contributed by atoms with van der Waals surface area (Å²) in [5, 5.41) is 37.8. The Kier molecular flexibility index (Phi) is 9.76. The number of aliphatic carboxylic acids is 2. The zero-order valence-electron chi connectivity index (χ0n) is 17.8. The Balaban J connectivity index is 2.02. The smallest absolute Gasteiger partial charge is 0.326 e.